The molecule has 0 saturated heterocycles. The molecule has 0 aliphatic rings. The number of aliphatic hydroxyl groups is 1. The SMILES string of the molecule is CCCCN(CCO)CC(C)(CCC)CNCC. The van der Waals surface area contributed by atoms with E-state index in [1.165, 1.54) is 25.7 Å². The lowest BCUT2D eigenvalue weighted by Crippen LogP contribution is -2.43. The minimum Gasteiger partial charge on any atom is -0.395 e. The lowest BCUT2D eigenvalue weighted by atomic mass is 9.84. The van der Waals surface area contributed by atoms with Crippen molar-refractivity contribution in [1.29, 1.82) is 0 Å². The molecule has 110 valence electrons. The molecule has 1 atom stereocenters. The van der Waals surface area contributed by atoms with Gasteiger partial charge in [0.25, 0.3) is 0 Å². The molecule has 0 saturated carbocycles. The fourth-order valence-electron chi connectivity index (χ4n) is 2.59. The van der Waals surface area contributed by atoms with Crippen molar-refractivity contribution in [2.45, 2.75) is 53.4 Å². The molecule has 0 aliphatic carbocycles. The molecule has 1 unspecified atom stereocenters. The Morgan fingerprint density at radius 2 is 1.83 bits per heavy atom. The lowest BCUT2D eigenvalue weighted by Gasteiger charge is -2.35. The minimum atomic E-state index is 0.271. The topological polar surface area (TPSA) is 35.5 Å². The van der Waals surface area contributed by atoms with Crippen LogP contribution in [0, 0.1) is 5.41 Å². The fourth-order valence-corrected chi connectivity index (χ4v) is 2.59. The van der Waals surface area contributed by atoms with Gasteiger partial charge in [-0.15, -0.1) is 0 Å². The van der Waals surface area contributed by atoms with E-state index in [2.05, 4.69) is 37.9 Å². The van der Waals surface area contributed by atoms with Crippen molar-refractivity contribution in [3.8, 4) is 0 Å². The van der Waals surface area contributed by atoms with Gasteiger partial charge in [0, 0.05) is 19.6 Å². The van der Waals surface area contributed by atoms with Crippen molar-refractivity contribution in [2.75, 3.05) is 39.3 Å². The number of nitrogens with zero attached hydrogens (tertiary/aromatic N) is 1. The van der Waals surface area contributed by atoms with Crippen molar-refractivity contribution < 1.29 is 5.11 Å². The first-order valence-corrected chi connectivity index (χ1v) is 7.65. The van der Waals surface area contributed by atoms with Crippen LogP contribution in [0.15, 0.2) is 0 Å². The number of rotatable bonds is 12. The zero-order chi connectivity index (χ0) is 13.9. The third-order valence-electron chi connectivity index (χ3n) is 3.50. The van der Waals surface area contributed by atoms with Crippen LogP contribution in [0.5, 0.6) is 0 Å². The Morgan fingerprint density at radius 1 is 1.11 bits per heavy atom. The van der Waals surface area contributed by atoms with Gasteiger partial charge in [0.1, 0.15) is 0 Å². The van der Waals surface area contributed by atoms with E-state index in [-0.39, 0.29) is 6.61 Å². The molecule has 0 aliphatic heterocycles. The summed E-state index contributed by atoms with van der Waals surface area (Å²) in [5, 5.41) is 12.7. The predicted molar refractivity (Wildman–Crippen MR) is 80.0 cm³/mol. The number of unbranched alkanes of at least 4 members (excludes halogenated alkanes) is 1. The highest BCUT2D eigenvalue weighted by atomic mass is 16.3. The van der Waals surface area contributed by atoms with Gasteiger partial charge < -0.3 is 15.3 Å². The molecular formula is C15H34N2O. The molecule has 0 radical (unpaired) electrons. The lowest BCUT2D eigenvalue weighted by molar-refractivity contribution is 0.124. The normalized spacial score (nSPS) is 15.0. The fraction of sp³-hybridized carbons (Fsp3) is 1.00. The van der Waals surface area contributed by atoms with Crippen LogP contribution in [0.4, 0.5) is 0 Å². The van der Waals surface area contributed by atoms with Crippen molar-refractivity contribution in [3.05, 3.63) is 0 Å². The molecule has 2 N–H and O–H groups in total. The highest BCUT2D eigenvalue weighted by molar-refractivity contribution is 4.80. The first kappa shape index (κ1) is 17.9. The zero-order valence-corrected chi connectivity index (χ0v) is 13.0. The molecule has 0 amide bonds. The van der Waals surface area contributed by atoms with Gasteiger partial charge in [-0.3, -0.25) is 0 Å². The van der Waals surface area contributed by atoms with E-state index in [1.54, 1.807) is 0 Å². The molecule has 0 fully saturated rings. The summed E-state index contributed by atoms with van der Waals surface area (Å²) >= 11 is 0. The monoisotopic (exact) mass is 258 g/mol. The Hall–Kier alpha value is -0.120. The average molecular weight is 258 g/mol. The highest BCUT2D eigenvalue weighted by Gasteiger charge is 2.25. The number of nitrogens with one attached hydrogen (secondary N) is 1. The van der Waals surface area contributed by atoms with Gasteiger partial charge >= 0.3 is 0 Å². The van der Waals surface area contributed by atoms with E-state index in [0.29, 0.717) is 5.41 Å². The standard InChI is InChI=1S/C15H34N2O/c1-5-8-10-17(11-12-18)14-15(4,9-6-2)13-16-7-3/h16,18H,5-14H2,1-4H3. The molecule has 3 heteroatoms. The van der Waals surface area contributed by atoms with Gasteiger partial charge in [-0.05, 0) is 31.3 Å². The molecule has 0 spiro atoms. The molecule has 3 nitrogen and oxygen atoms in total. The van der Waals surface area contributed by atoms with E-state index in [9.17, 15) is 5.11 Å². The van der Waals surface area contributed by atoms with Crippen molar-refractivity contribution >= 4 is 0 Å². The van der Waals surface area contributed by atoms with Crippen molar-refractivity contribution in [2.24, 2.45) is 5.41 Å². The number of hydrogen-bond donors (Lipinski definition) is 2. The first-order valence-electron chi connectivity index (χ1n) is 7.65. The summed E-state index contributed by atoms with van der Waals surface area (Å²) in [6.07, 6.45) is 4.92. The quantitative estimate of drug-likeness (QED) is 0.564. The van der Waals surface area contributed by atoms with E-state index in [4.69, 9.17) is 0 Å². The Labute approximate surface area is 114 Å². The van der Waals surface area contributed by atoms with Crippen LogP contribution >= 0.6 is 0 Å². The maximum Gasteiger partial charge on any atom is 0.0558 e. The van der Waals surface area contributed by atoms with Crippen molar-refractivity contribution in [1.82, 2.24) is 10.2 Å². The molecule has 0 aromatic carbocycles. The summed E-state index contributed by atoms with van der Waals surface area (Å²) in [7, 11) is 0. The summed E-state index contributed by atoms with van der Waals surface area (Å²) < 4.78 is 0. The van der Waals surface area contributed by atoms with Crippen LogP contribution in [0.25, 0.3) is 0 Å². The Balaban J connectivity index is 4.36. The van der Waals surface area contributed by atoms with Gasteiger partial charge in [-0.25, -0.2) is 0 Å². The predicted octanol–water partition coefficient (Wildman–Crippen LogP) is 2.50. The summed E-state index contributed by atoms with van der Waals surface area (Å²) in [4.78, 5) is 2.43. The Bertz CT molecular complexity index is 187. The molecule has 0 aromatic heterocycles. The van der Waals surface area contributed by atoms with Crippen LogP contribution in [0.2, 0.25) is 0 Å². The van der Waals surface area contributed by atoms with E-state index in [1.807, 2.05) is 0 Å². The van der Waals surface area contributed by atoms with E-state index in [0.717, 1.165) is 32.7 Å². The maximum absolute atomic E-state index is 9.18. The van der Waals surface area contributed by atoms with Gasteiger partial charge in [0.2, 0.25) is 0 Å². The zero-order valence-electron chi connectivity index (χ0n) is 13.0. The summed E-state index contributed by atoms with van der Waals surface area (Å²) in [6.45, 7) is 14.4. The molecule has 0 bridgehead atoms. The van der Waals surface area contributed by atoms with Crippen LogP contribution < -0.4 is 5.32 Å². The van der Waals surface area contributed by atoms with Crippen LogP contribution in [0.3, 0.4) is 0 Å². The maximum atomic E-state index is 9.18. The Morgan fingerprint density at radius 3 is 2.33 bits per heavy atom. The average Bonchev–Trinajstić information content (AvgIpc) is 2.34. The van der Waals surface area contributed by atoms with Crippen LogP contribution in [0.1, 0.15) is 53.4 Å². The van der Waals surface area contributed by atoms with Gasteiger partial charge in [0.15, 0.2) is 0 Å². The van der Waals surface area contributed by atoms with Gasteiger partial charge in [-0.1, -0.05) is 40.5 Å². The first-order chi connectivity index (χ1) is 8.61. The number of hydrogen-bond acceptors (Lipinski definition) is 3. The Kier molecular flexibility index (Phi) is 10.7. The molecule has 0 heterocycles. The molecule has 0 aromatic rings. The second kappa shape index (κ2) is 10.8. The van der Waals surface area contributed by atoms with Crippen LogP contribution in [-0.4, -0.2) is 49.3 Å². The van der Waals surface area contributed by atoms with Gasteiger partial charge in [0.05, 0.1) is 6.61 Å². The van der Waals surface area contributed by atoms with Crippen LogP contribution in [-0.2, 0) is 0 Å². The molecular weight excluding hydrogens is 224 g/mol. The highest BCUT2D eigenvalue weighted by Crippen LogP contribution is 2.24. The third-order valence-corrected chi connectivity index (χ3v) is 3.50. The summed E-state index contributed by atoms with van der Waals surface area (Å²) in [5.74, 6) is 0. The smallest absolute Gasteiger partial charge is 0.0558 e. The second-order valence-electron chi connectivity index (χ2n) is 5.69. The third kappa shape index (κ3) is 8.06. The van der Waals surface area contributed by atoms with Crippen molar-refractivity contribution in [3.63, 3.8) is 0 Å². The summed E-state index contributed by atoms with van der Waals surface area (Å²) in [5.41, 5.74) is 0.327. The molecule has 18 heavy (non-hydrogen) atoms. The largest absolute Gasteiger partial charge is 0.395 e. The van der Waals surface area contributed by atoms with E-state index < -0.39 is 0 Å². The van der Waals surface area contributed by atoms with Gasteiger partial charge in [-0.2, -0.15) is 0 Å². The minimum absolute atomic E-state index is 0.271. The number of aliphatic hydroxyl groups excluding tert-OH is 1. The molecule has 0 rings (SSSR count). The second-order valence-corrected chi connectivity index (χ2v) is 5.69. The summed E-state index contributed by atoms with van der Waals surface area (Å²) in [6, 6.07) is 0. The van der Waals surface area contributed by atoms with E-state index >= 15 is 0 Å².